The van der Waals surface area contributed by atoms with Crippen molar-refractivity contribution in [3.8, 4) is 0 Å². The van der Waals surface area contributed by atoms with Gasteiger partial charge in [0.2, 0.25) is 0 Å². The van der Waals surface area contributed by atoms with Gasteiger partial charge in [-0.25, -0.2) is 4.79 Å². The highest BCUT2D eigenvalue weighted by molar-refractivity contribution is 5.89. The second-order valence-corrected chi connectivity index (χ2v) is 4.20. The van der Waals surface area contributed by atoms with Crippen LogP contribution >= 0.6 is 0 Å². The highest BCUT2D eigenvalue weighted by Crippen LogP contribution is 2.30. The van der Waals surface area contributed by atoms with Gasteiger partial charge in [-0.05, 0) is 30.4 Å². The van der Waals surface area contributed by atoms with E-state index < -0.39 is 5.97 Å². The Morgan fingerprint density at radius 2 is 1.94 bits per heavy atom. The fraction of sp³-hybridized carbons (Fsp3) is 0.417. The van der Waals surface area contributed by atoms with Gasteiger partial charge in [0, 0.05) is 13.1 Å². The third-order valence-electron chi connectivity index (χ3n) is 3.22. The molecule has 1 aliphatic rings. The number of carboxylic acids is 1. The summed E-state index contributed by atoms with van der Waals surface area (Å²) < 4.78 is 0. The van der Waals surface area contributed by atoms with Crippen LogP contribution in [0.4, 0.5) is 0 Å². The van der Waals surface area contributed by atoms with Gasteiger partial charge in [-0.15, -0.1) is 4.91 Å². The summed E-state index contributed by atoms with van der Waals surface area (Å²) >= 11 is 0. The maximum absolute atomic E-state index is 11.1. The predicted octanol–water partition coefficient (Wildman–Crippen LogP) is 2.25. The predicted molar refractivity (Wildman–Crippen MR) is 62.7 cm³/mol. The van der Waals surface area contributed by atoms with E-state index in [1.807, 2.05) is 12.1 Å². The third kappa shape index (κ3) is 2.43. The number of aromatic carboxylic acids is 1. The number of nitrogens with zero attached hydrogens (tertiary/aromatic N) is 2. The molecule has 90 valence electrons. The summed E-state index contributed by atoms with van der Waals surface area (Å²) in [5.74, 6) is -0.683. The van der Waals surface area contributed by atoms with E-state index in [-0.39, 0.29) is 5.92 Å². The van der Waals surface area contributed by atoms with Crippen molar-refractivity contribution in [1.82, 2.24) is 5.01 Å². The Labute approximate surface area is 99.0 Å². The van der Waals surface area contributed by atoms with E-state index in [1.54, 1.807) is 12.1 Å². The third-order valence-corrected chi connectivity index (χ3v) is 3.22. The zero-order valence-corrected chi connectivity index (χ0v) is 9.37. The maximum atomic E-state index is 11.1. The Morgan fingerprint density at radius 3 is 2.53 bits per heavy atom. The van der Waals surface area contributed by atoms with Crippen LogP contribution in [0.15, 0.2) is 29.6 Å². The molecule has 0 bridgehead atoms. The Kier molecular flexibility index (Phi) is 3.37. The van der Waals surface area contributed by atoms with Crippen LogP contribution in [0, 0.1) is 4.91 Å². The van der Waals surface area contributed by atoms with Gasteiger partial charge in [0.1, 0.15) is 0 Å². The van der Waals surface area contributed by atoms with Gasteiger partial charge in [0.15, 0.2) is 0 Å². The zero-order valence-electron chi connectivity index (χ0n) is 9.37. The van der Waals surface area contributed by atoms with Crippen LogP contribution in [-0.2, 0) is 0 Å². The van der Waals surface area contributed by atoms with Crippen molar-refractivity contribution in [2.24, 2.45) is 5.29 Å². The molecular weight excluding hydrogens is 220 g/mol. The normalized spacial score (nSPS) is 16.8. The Morgan fingerprint density at radius 1 is 1.29 bits per heavy atom. The van der Waals surface area contributed by atoms with Gasteiger partial charge in [-0.1, -0.05) is 18.2 Å². The molecule has 1 heterocycles. The van der Waals surface area contributed by atoms with Gasteiger partial charge in [-0.3, -0.25) is 5.01 Å². The number of carbonyl (C=O) groups is 1. The number of piperidine rings is 1. The van der Waals surface area contributed by atoms with E-state index in [4.69, 9.17) is 5.11 Å². The van der Waals surface area contributed by atoms with Gasteiger partial charge in [0.05, 0.1) is 10.8 Å². The number of nitroso groups, excluding NO2 is 1. The minimum absolute atomic E-state index is 0.209. The number of rotatable bonds is 3. The second-order valence-electron chi connectivity index (χ2n) is 4.20. The van der Waals surface area contributed by atoms with Crippen molar-refractivity contribution < 1.29 is 9.90 Å². The van der Waals surface area contributed by atoms with Crippen molar-refractivity contribution in [3.05, 3.63) is 40.3 Å². The highest BCUT2D eigenvalue weighted by atomic mass is 16.4. The lowest BCUT2D eigenvalue weighted by Gasteiger charge is -2.28. The van der Waals surface area contributed by atoms with E-state index in [0.717, 1.165) is 18.4 Å². The lowest BCUT2D eigenvalue weighted by Crippen LogP contribution is -2.28. The van der Waals surface area contributed by atoms with E-state index >= 15 is 0 Å². The first-order valence-electron chi connectivity index (χ1n) is 5.63. The molecule has 1 fully saturated rings. The van der Waals surface area contributed by atoms with Crippen LogP contribution in [0.2, 0.25) is 0 Å². The van der Waals surface area contributed by atoms with Crippen LogP contribution in [0.3, 0.4) is 0 Å². The molecule has 0 spiro atoms. The first kappa shape index (κ1) is 11.6. The Hall–Kier alpha value is -1.91. The zero-order chi connectivity index (χ0) is 12.3. The molecular formula is C12H14N2O3. The fourth-order valence-corrected chi connectivity index (χ4v) is 2.31. The van der Waals surface area contributed by atoms with E-state index in [1.165, 1.54) is 5.01 Å². The molecule has 1 aromatic carbocycles. The van der Waals surface area contributed by atoms with Crippen LogP contribution in [0.5, 0.6) is 0 Å². The molecule has 2 rings (SSSR count). The van der Waals surface area contributed by atoms with Gasteiger partial charge in [-0.2, -0.15) is 0 Å². The number of benzene rings is 1. The molecule has 0 radical (unpaired) electrons. The second kappa shape index (κ2) is 4.95. The first-order valence-corrected chi connectivity index (χ1v) is 5.63. The van der Waals surface area contributed by atoms with Gasteiger partial charge >= 0.3 is 5.97 Å². The lowest BCUT2D eigenvalue weighted by molar-refractivity contribution is 0.0694. The summed E-state index contributed by atoms with van der Waals surface area (Å²) in [6.07, 6.45) is 1.55. The molecule has 17 heavy (non-hydrogen) atoms. The monoisotopic (exact) mass is 234 g/mol. The minimum atomic E-state index is -0.892. The first-order chi connectivity index (χ1) is 8.22. The molecule has 0 unspecified atom stereocenters. The molecule has 0 aromatic heterocycles. The van der Waals surface area contributed by atoms with Crippen LogP contribution in [-0.4, -0.2) is 29.2 Å². The van der Waals surface area contributed by atoms with Crippen molar-refractivity contribution in [2.75, 3.05) is 13.1 Å². The van der Waals surface area contributed by atoms with Crippen molar-refractivity contribution in [2.45, 2.75) is 18.8 Å². The summed E-state index contributed by atoms with van der Waals surface area (Å²) in [7, 11) is 0. The number of hydrogen-bond donors (Lipinski definition) is 1. The summed E-state index contributed by atoms with van der Waals surface area (Å²) in [4.78, 5) is 21.5. The Bertz CT molecular complexity index is 426. The van der Waals surface area contributed by atoms with E-state index in [0.29, 0.717) is 18.7 Å². The topological polar surface area (TPSA) is 70.0 Å². The summed E-state index contributed by atoms with van der Waals surface area (Å²) in [5.41, 5.74) is 1.23. The molecule has 0 aliphatic carbocycles. The molecule has 0 amide bonds. The Balaban J connectivity index is 2.18. The van der Waals surface area contributed by atoms with Crippen molar-refractivity contribution in [1.29, 1.82) is 0 Å². The average Bonchev–Trinajstić information content (AvgIpc) is 2.39. The standard InChI is InChI=1S/C12H14N2O3/c15-12(16)11-4-2-1-3-10(11)9-5-7-14(13-17)8-6-9/h1-4,9H,5-8H2,(H,15,16). The number of carboxylic acid groups (broad SMARTS) is 1. The molecule has 0 atom stereocenters. The fourth-order valence-electron chi connectivity index (χ4n) is 2.31. The minimum Gasteiger partial charge on any atom is -0.478 e. The summed E-state index contributed by atoms with van der Waals surface area (Å²) in [6.45, 7) is 1.20. The quantitative estimate of drug-likeness (QED) is 0.814. The summed E-state index contributed by atoms with van der Waals surface area (Å²) in [5, 5.41) is 13.5. The average molecular weight is 234 g/mol. The SMILES string of the molecule is O=NN1CCC(c2ccccc2C(=O)O)CC1. The smallest absolute Gasteiger partial charge is 0.335 e. The van der Waals surface area contributed by atoms with E-state index in [9.17, 15) is 9.70 Å². The molecule has 0 saturated carbocycles. The molecule has 5 heteroatoms. The summed E-state index contributed by atoms with van der Waals surface area (Å²) in [6, 6.07) is 7.07. The van der Waals surface area contributed by atoms with Crippen molar-refractivity contribution in [3.63, 3.8) is 0 Å². The molecule has 1 saturated heterocycles. The van der Waals surface area contributed by atoms with Crippen LogP contribution in [0.1, 0.15) is 34.7 Å². The molecule has 1 aliphatic heterocycles. The van der Waals surface area contributed by atoms with E-state index in [2.05, 4.69) is 5.29 Å². The largest absolute Gasteiger partial charge is 0.478 e. The van der Waals surface area contributed by atoms with Crippen LogP contribution < -0.4 is 0 Å². The lowest BCUT2D eigenvalue weighted by atomic mass is 9.87. The van der Waals surface area contributed by atoms with Crippen LogP contribution in [0.25, 0.3) is 0 Å². The maximum Gasteiger partial charge on any atom is 0.335 e. The molecule has 1 aromatic rings. The molecule has 1 N–H and O–H groups in total. The number of hydrogen-bond acceptors (Lipinski definition) is 3. The highest BCUT2D eigenvalue weighted by Gasteiger charge is 2.23. The van der Waals surface area contributed by atoms with Gasteiger partial charge < -0.3 is 5.11 Å². The van der Waals surface area contributed by atoms with Crippen molar-refractivity contribution >= 4 is 5.97 Å². The van der Waals surface area contributed by atoms with Gasteiger partial charge in [0.25, 0.3) is 0 Å². The molecule has 5 nitrogen and oxygen atoms in total.